The summed E-state index contributed by atoms with van der Waals surface area (Å²) < 4.78 is 0. The fourth-order valence-corrected chi connectivity index (χ4v) is 4.40. The third-order valence-corrected chi connectivity index (χ3v) is 6.56. The predicted octanol–water partition coefficient (Wildman–Crippen LogP) is 3.22. The number of benzene rings is 1. The summed E-state index contributed by atoms with van der Waals surface area (Å²) in [6.45, 7) is 8.38. The number of nitrogens with two attached hydrogens (primary N) is 1. The second-order valence-electron chi connectivity index (χ2n) is 9.40. The van der Waals surface area contributed by atoms with E-state index >= 15 is 0 Å². The average molecular weight is 459 g/mol. The highest BCUT2D eigenvalue weighted by Gasteiger charge is 2.50. The number of nitrogens with zero attached hydrogens (tertiary/aromatic N) is 2. The molecule has 1 aliphatic heterocycles. The van der Waals surface area contributed by atoms with Crippen molar-refractivity contribution in [2.24, 2.45) is 11.3 Å². The maximum atomic E-state index is 13.4. The van der Waals surface area contributed by atoms with Gasteiger partial charge in [-0.05, 0) is 42.2 Å². The zero-order valence-electron chi connectivity index (χ0n) is 18.9. The van der Waals surface area contributed by atoms with Crippen LogP contribution in [0.5, 0.6) is 0 Å². The predicted molar refractivity (Wildman–Crippen MR) is 125 cm³/mol. The fraction of sp³-hybridized carbons (Fsp3) is 0.458. The normalized spacial score (nSPS) is 21.3. The first-order chi connectivity index (χ1) is 14.9. The Kier molecular flexibility index (Phi) is 6.81. The van der Waals surface area contributed by atoms with Gasteiger partial charge in [0.15, 0.2) is 0 Å². The lowest BCUT2D eigenvalue weighted by molar-refractivity contribution is -0.155. The van der Waals surface area contributed by atoms with Crippen LogP contribution in [0.4, 0.5) is 5.82 Å². The van der Waals surface area contributed by atoms with Crippen molar-refractivity contribution in [1.82, 2.24) is 15.2 Å². The highest BCUT2D eigenvalue weighted by molar-refractivity contribution is 6.30. The third kappa shape index (κ3) is 4.74. The van der Waals surface area contributed by atoms with Gasteiger partial charge in [0.05, 0.1) is 5.60 Å². The van der Waals surface area contributed by atoms with Crippen molar-refractivity contribution in [2.75, 3.05) is 18.8 Å². The Morgan fingerprint density at radius 2 is 1.84 bits per heavy atom. The summed E-state index contributed by atoms with van der Waals surface area (Å²) in [6.07, 6.45) is 0.378. The lowest BCUT2D eigenvalue weighted by Crippen LogP contribution is -2.60. The number of nitrogen functional groups attached to an aromatic ring is 1. The number of aromatic nitrogens is 1. The first kappa shape index (κ1) is 24.0. The maximum Gasteiger partial charge on any atom is 0.270 e. The summed E-state index contributed by atoms with van der Waals surface area (Å²) >= 11 is 6.01. The minimum Gasteiger partial charge on any atom is -0.384 e. The summed E-state index contributed by atoms with van der Waals surface area (Å²) in [5.74, 6) is -0.515. The number of carbonyl (C=O) groups excluding carboxylic acids is 2. The zero-order chi connectivity index (χ0) is 23.7. The van der Waals surface area contributed by atoms with Crippen molar-refractivity contribution in [1.29, 1.82) is 0 Å². The molecule has 0 spiro atoms. The van der Waals surface area contributed by atoms with E-state index in [1.165, 1.54) is 0 Å². The Balaban J connectivity index is 1.77. The molecule has 4 N–H and O–H groups in total. The monoisotopic (exact) mass is 458 g/mol. The molecule has 8 heteroatoms. The highest BCUT2D eigenvalue weighted by atomic mass is 35.5. The van der Waals surface area contributed by atoms with Crippen LogP contribution >= 0.6 is 11.6 Å². The number of amides is 2. The van der Waals surface area contributed by atoms with Crippen LogP contribution in [0.2, 0.25) is 5.02 Å². The second kappa shape index (κ2) is 9.08. The molecule has 7 nitrogen and oxygen atoms in total. The van der Waals surface area contributed by atoms with Crippen molar-refractivity contribution < 1.29 is 14.7 Å². The van der Waals surface area contributed by atoms with Crippen molar-refractivity contribution in [2.45, 2.75) is 45.8 Å². The minimum absolute atomic E-state index is 0.132. The summed E-state index contributed by atoms with van der Waals surface area (Å²) in [5, 5.41) is 15.0. The van der Waals surface area contributed by atoms with E-state index in [1.54, 1.807) is 35.2 Å². The number of likely N-dealkylation sites (tertiary alicyclic amines) is 1. The summed E-state index contributed by atoms with van der Waals surface area (Å²) in [5.41, 5.74) is 4.91. The molecule has 1 aliphatic rings. The number of hydrogen-bond acceptors (Lipinski definition) is 5. The van der Waals surface area contributed by atoms with E-state index in [2.05, 4.69) is 10.3 Å². The van der Waals surface area contributed by atoms with E-state index in [4.69, 9.17) is 17.3 Å². The molecule has 0 radical (unpaired) electrons. The Hall–Kier alpha value is -2.64. The third-order valence-electron chi connectivity index (χ3n) is 6.31. The van der Waals surface area contributed by atoms with Crippen LogP contribution in [0.15, 0.2) is 42.5 Å². The van der Waals surface area contributed by atoms with Crippen LogP contribution in [-0.4, -0.2) is 45.9 Å². The number of carbonyl (C=O) groups is 2. The molecule has 2 heterocycles. The number of nitrogens with one attached hydrogen (secondary N) is 1. The SMILES string of the molecule is CC(C)[C@@H](NC(=O)c1cccc(N)n1)C(=O)N1CC[C@](O)(c2ccc(Cl)cc2)C(C)(C)C1. The molecular formula is C24H31ClN4O3. The largest absolute Gasteiger partial charge is 0.384 e. The second-order valence-corrected chi connectivity index (χ2v) is 9.84. The smallest absolute Gasteiger partial charge is 0.270 e. The number of hydrogen-bond donors (Lipinski definition) is 3. The minimum atomic E-state index is -1.10. The van der Waals surface area contributed by atoms with E-state index in [0.29, 0.717) is 24.5 Å². The van der Waals surface area contributed by atoms with Gasteiger partial charge in [-0.1, -0.05) is 57.5 Å². The van der Waals surface area contributed by atoms with Crippen molar-refractivity contribution in [3.05, 3.63) is 58.7 Å². The van der Waals surface area contributed by atoms with Gasteiger partial charge >= 0.3 is 0 Å². The molecular weight excluding hydrogens is 428 g/mol. The summed E-state index contributed by atoms with van der Waals surface area (Å²) in [6, 6.07) is 11.3. The maximum absolute atomic E-state index is 13.4. The van der Waals surface area contributed by atoms with Gasteiger partial charge < -0.3 is 21.1 Å². The Morgan fingerprint density at radius 3 is 2.41 bits per heavy atom. The molecule has 1 saturated heterocycles. The molecule has 0 aliphatic carbocycles. The molecule has 1 fully saturated rings. The van der Waals surface area contributed by atoms with E-state index < -0.39 is 23.0 Å². The van der Waals surface area contributed by atoms with Gasteiger partial charge in [-0.25, -0.2) is 4.98 Å². The lowest BCUT2D eigenvalue weighted by Gasteiger charge is -2.51. The topological polar surface area (TPSA) is 109 Å². The number of rotatable bonds is 5. The van der Waals surface area contributed by atoms with Crippen LogP contribution in [0.1, 0.15) is 50.2 Å². The van der Waals surface area contributed by atoms with Crippen molar-refractivity contribution >= 4 is 29.2 Å². The molecule has 2 atom stereocenters. The van der Waals surface area contributed by atoms with Gasteiger partial charge in [-0.2, -0.15) is 0 Å². The Morgan fingerprint density at radius 1 is 1.19 bits per heavy atom. The van der Waals surface area contributed by atoms with E-state index in [-0.39, 0.29) is 23.3 Å². The van der Waals surface area contributed by atoms with Crippen LogP contribution in [0.25, 0.3) is 0 Å². The molecule has 3 rings (SSSR count). The first-order valence-electron chi connectivity index (χ1n) is 10.8. The Labute approximate surface area is 194 Å². The molecule has 1 aromatic heterocycles. The summed E-state index contributed by atoms with van der Waals surface area (Å²) in [4.78, 5) is 31.9. The van der Waals surface area contributed by atoms with E-state index in [0.717, 1.165) is 5.56 Å². The molecule has 32 heavy (non-hydrogen) atoms. The van der Waals surface area contributed by atoms with Crippen LogP contribution in [0, 0.1) is 11.3 Å². The van der Waals surface area contributed by atoms with Crippen LogP contribution in [-0.2, 0) is 10.4 Å². The molecule has 0 saturated carbocycles. The molecule has 2 amide bonds. The van der Waals surface area contributed by atoms with Gasteiger partial charge in [-0.15, -0.1) is 0 Å². The fourth-order valence-electron chi connectivity index (χ4n) is 4.27. The van der Waals surface area contributed by atoms with E-state index in [9.17, 15) is 14.7 Å². The number of pyridine rings is 1. The summed E-state index contributed by atoms with van der Waals surface area (Å²) in [7, 11) is 0. The van der Waals surface area contributed by atoms with Gasteiger partial charge in [0.25, 0.3) is 5.91 Å². The van der Waals surface area contributed by atoms with Crippen molar-refractivity contribution in [3.63, 3.8) is 0 Å². The van der Waals surface area contributed by atoms with Crippen molar-refractivity contribution in [3.8, 4) is 0 Å². The molecule has 1 aromatic carbocycles. The lowest BCUT2D eigenvalue weighted by atomic mass is 9.66. The Bertz CT molecular complexity index is 993. The standard InChI is InChI=1S/C24H31ClN4O3/c1-15(2)20(28-21(30)18-6-5-7-19(26)27-18)22(31)29-13-12-24(32,23(3,4)14-29)16-8-10-17(25)11-9-16/h5-11,15,20,32H,12-14H2,1-4H3,(H2,26,27)(H,28,30)/t20-,24+/m1/s1. The number of halogens is 1. The van der Waals surface area contributed by atoms with Gasteiger partial charge in [0.1, 0.15) is 17.6 Å². The molecule has 172 valence electrons. The first-order valence-corrected chi connectivity index (χ1v) is 11.1. The van der Waals surface area contributed by atoms with Gasteiger partial charge in [0, 0.05) is 23.5 Å². The molecule has 0 unspecified atom stereocenters. The van der Waals surface area contributed by atoms with Crippen LogP contribution in [0.3, 0.4) is 0 Å². The molecule has 0 bridgehead atoms. The number of anilines is 1. The highest BCUT2D eigenvalue weighted by Crippen LogP contribution is 2.46. The number of piperidine rings is 1. The number of aliphatic hydroxyl groups is 1. The quantitative estimate of drug-likeness (QED) is 0.637. The zero-order valence-corrected chi connectivity index (χ0v) is 19.7. The van der Waals surface area contributed by atoms with Gasteiger partial charge in [0.2, 0.25) is 5.91 Å². The van der Waals surface area contributed by atoms with E-state index in [1.807, 2.05) is 39.8 Å². The van der Waals surface area contributed by atoms with Gasteiger partial charge in [-0.3, -0.25) is 9.59 Å². The molecule has 2 aromatic rings. The van der Waals surface area contributed by atoms with Crippen LogP contribution < -0.4 is 11.1 Å². The average Bonchev–Trinajstić information content (AvgIpc) is 2.73.